The van der Waals surface area contributed by atoms with Gasteiger partial charge in [-0.1, -0.05) is 19.8 Å². The van der Waals surface area contributed by atoms with Gasteiger partial charge in [-0.3, -0.25) is 9.59 Å². The number of hydrogen-bond acceptors (Lipinski definition) is 2. The van der Waals surface area contributed by atoms with Crippen molar-refractivity contribution >= 4 is 11.9 Å². The van der Waals surface area contributed by atoms with E-state index in [1.54, 1.807) is 0 Å². The van der Waals surface area contributed by atoms with E-state index in [1.807, 2.05) is 0 Å². The van der Waals surface area contributed by atoms with Crippen LogP contribution in [0.3, 0.4) is 0 Å². The van der Waals surface area contributed by atoms with Crippen molar-refractivity contribution in [1.29, 1.82) is 0 Å². The maximum Gasteiger partial charge on any atom is 0.306 e. The van der Waals surface area contributed by atoms with Gasteiger partial charge >= 0.3 is 5.97 Å². The first kappa shape index (κ1) is 14.4. The van der Waals surface area contributed by atoms with Crippen LogP contribution in [-0.2, 0) is 9.59 Å². The SMILES string of the molecule is CC1CCC(CNC(=O)C2CCC(C(=O)O)C2)CC1. The van der Waals surface area contributed by atoms with Gasteiger partial charge in [-0.25, -0.2) is 0 Å². The first-order valence-electron chi connectivity index (χ1n) is 7.56. The van der Waals surface area contributed by atoms with Crippen molar-refractivity contribution < 1.29 is 14.7 Å². The minimum atomic E-state index is -0.753. The Morgan fingerprint density at radius 1 is 1.05 bits per heavy atom. The quantitative estimate of drug-likeness (QED) is 0.822. The van der Waals surface area contributed by atoms with E-state index in [9.17, 15) is 9.59 Å². The molecule has 0 aromatic carbocycles. The number of nitrogens with one attached hydrogen (secondary N) is 1. The third-order valence-electron chi connectivity index (χ3n) is 4.85. The van der Waals surface area contributed by atoms with Crippen LogP contribution in [0.1, 0.15) is 51.9 Å². The highest BCUT2D eigenvalue weighted by atomic mass is 16.4. The van der Waals surface area contributed by atoms with E-state index in [4.69, 9.17) is 5.11 Å². The number of rotatable bonds is 4. The smallest absolute Gasteiger partial charge is 0.306 e. The molecular formula is C15H25NO3. The van der Waals surface area contributed by atoms with E-state index in [1.165, 1.54) is 25.7 Å². The van der Waals surface area contributed by atoms with Crippen molar-refractivity contribution in [3.63, 3.8) is 0 Å². The van der Waals surface area contributed by atoms with Gasteiger partial charge in [-0.2, -0.15) is 0 Å². The topological polar surface area (TPSA) is 66.4 Å². The molecule has 2 fully saturated rings. The minimum absolute atomic E-state index is 0.0716. The third kappa shape index (κ3) is 3.95. The van der Waals surface area contributed by atoms with Crippen LogP contribution in [0.4, 0.5) is 0 Å². The average Bonchev–Trinajstić information content (AvgIpc) is 2.87. The van der Waals surface area contributed by atoms with Crippen LogP contribution in [0, 0.1) is 23.7 Å². The Morgan fingerprint density at radius 2 is 1.68 bits per heavy atom. The number of amides is 1. The minimum Gasteiger partial charge on any atom is -0.481 e. The molecule has 0 aromatic rings. The lowest BCUT2D eigenvalue weighted by atomic mass is 9.83. The molecule has 0 aliphatic heterocycles. The fourth-order valence-corrected chi connectivity index (χ4v) is 3.37. The average molecular weight is 267 g/mol. The molecule has 4 nitrogen and oxygen atoms in total. The predicted molar refractivity (Wildman–Crippen MR) is 72.6 cm³/mol. The summed E-state index contributed by atoms with van der Waals surface area (Å²) in [6.45, 7) is 3.07. The van der Waals surface area contributed by atoms with Crippen LogP contribution in [-0.4, -0.2) is 23.5 Å². The summed E-state index contributed by atoms with van der Waals surface area (Å²) in [7, 11) is 0. The number of carboxylic acid groups (broad SMARTS) is 1. The summed E-state index contributed by atoms with van der Waals surface area (Å²) < 4.78 is 0. The number of carbonyl (C=O) groups excluding carboxylic acids is 1. The van der Waals surface area contributed by atoms with Crippen molar-refractivity contribution in [1.82, 2.24) is 5.32 Å². The summed E-state index contributed by atoms with van der Waals surface area (Å²) in [5, 5.41) is 12.0. The molecule has 2 rings (SSSR count). The third-order valence-corrected chi connectivity index (χ3v) is 4.85. The van der Waals surface area contributed by atoms with Crippen molar-refractivity contribution in [2.24, 2.45) is 23.7 Å². The van der Waals surface area contributed by atoms with Gasteiger partial charge in [0, 0.05) is 12.5 Å². The number of carboxylic acids is 1. The highest BCUT2D eigenvalue weighted by Crippen LogP contribution is 2.31. The highest BCUT2D eigenvalue weighted by Gasteiger charge is 2.33. The second-order valence-corrected chi connectivity index (χ2v) is 6.42. The molecule has 0 spiro atoms. The largest absolute Gasteiger partial charge is 0.481 e. The van der Waals surface area contributed by atoms with Gasteiger partial charge in [0.15, 0.2) is 0 Å². The summed E-state index contributed by atoms with van der Waals surface area (Å²) in [6.07, 6.45) is 6.85. The Kier molecular flexibility index (Phi) is 4.83. The lowest BCUT2D eigenvalue weighted by Gasteiger charge is -2.26. The second-order valence-electron chi connectivity index (χ2n) is 6.42. The fraction of sp³-hybridized carbons (Fsp3) is 0.867. The van der Waals surface area contributed by atoms with Crippen LogP contribution in [0.15, 0.2) is 0 Å². The van der Waals surface area contributed by atoms with Crippen LogP contribution in [0.25, 0.3) is 0 Å². The molecule has 1 amide bonds. The molecule has 2 N–H and O–H groups in total. The van der Waals surface area contributed by atoms with Gasteiger partial charge in [0.2, 0.25) is 5.91 Å². The summed E-state index contributed by atoms with van der Waals surface area (Å²) in [5.41, 5.74) is 0. The van der Waals surface area contributed by atoms with E-state index < -0.39 is 5.97 Å². The molecule has 4 heteroatoms. The van der Waals surface area contributed by atoms with E-state index in [0.717, 1.165) is 18.9 Å². The molecule has 108 valence electrons. The molecule has 2 aliphatic carbocycles. The van der Waals surface area contributed by atoms with Crippen molar-refractivity contribution in [2.45, 2.75) is 51.9 Å². The second kappa shape index (κ2) is 6.40. The van der Waals surface area contributed by atoms with E-state index in [0.29, 0.717) is 18.8 Å². The summed E-state index contributed by atoms with van der Waals surface area (Å²) in [5.74, 6) is 0.378. The Labute approximate surface area is 115 Å². The van der Waals surface area contributed by atoms with Gasteiger partial charge < -0.3 is 10.4 Å². The number of carbonyl (C=O) groups is 2. The van der Waals surface area contributed by atoms with E-state index in [2.05, 4.69) is 12.2 Å². The molecule has 0 saturated heterocycles. The molecule has 19 heavy (non-hydrogen) atoms. The van der Waals surface area contributed by atoms with Crippen molar-refractivity contribution in [3.05, 3.63) is 0 Å². The molecule has 2 unspecified atom stereocenters. The van der Waals surface area contributed by atoms with Crippen LogP contribution in [0.2, 0.25) is 0 Å². The molecule has 2 aliphatic rings. The van der Waals surface area contributed by atoms with Crippen LogP contribution >= 0.6 is 0 Å². The molecule has 2 saturated carbocycles. The first-order chi connectivity index (χ1) is 9.06. The van der Waals surface area contributed by atoms with Gasteiger partial charge in [-0.15, -0.1) is 0 Å². The zero-order chi connectivity index (χ0) is 13.8. The number of aliphatic carboxylic acids is 1. The maximum absolute atomic E-state index is 12.0. The Morgan fingerprint density at radius 3 is 2.26 bits per heavy atom. The predicted octanol–water partition coefficient (Wildman–Crippen LogP) is 2.43. The molecule has 0 aromatic heterocycles. The van der Waals surface area contributed by atoms with E-state index >= 15 is 0 Å². The molecule has 0 heterocycles. The van der Waals surface area contributed by atoms with Crippen LogP contribution < -0.4 is 5.32 Å². The number of hydrogen-bond donors (Lipinski definition) is 2. The monoisotopic (exact) mass is 267 g/mol. The Hall–Kier alpha value is -1.06. The standard InChI is InChI=1S/C15H25NO3/c1-10-2-4-11(5-3-10)9-16-14(17)12-6-7-13(8-12)15(18)19/h10-13H,2-9H2,1H3,(H,16,17)(H,18,19). The zero-order valence-electron chi connectivity index (χ0n) is 11.7. The first-order valence-corrected chi connectivity index (χ1v) is 7.56. The highest BCUT2D eigenvalue weighted by molar-refractivity contribution is 5.80. The van der Waals surface area contributed by atoms with E-state index in [-0.39, 0.29) is 17.7 Å². The molecule has 0 bridgehead atoms. The van der Waals surface area contributed by atoms with Gasteiger partial charge in [-0.05, 0) is 43.9 Å². The molecule has 0 radical (unpaired) electrons. The summed E-state index contributed by atoms with van der Waals surface area (Å²) in [4.78, 5) is 22.9. The molecule has 2 atom stereocenters. The van der Waals surface area contributed by atoms with Gasteiger partial charge in [0.1, 0.15) is 0 Å². The Bertz CT molecular complexity index is 334. The normalized spacial score (nSPS) is 35.0. The lowest BCUT2D eigenvalue weighted by Crippen LogP contribution is -2.34. The van der Waals surface area contributed by atoms with Crippen LogP contribution in [0.5, 0.6) is 0 Å². The zero-order valence-corrected chi connectivity index (χ0v) is 11.7. The summed E-state index contributed by atoms with van der Waals surface area (Å²) in [6, 6.07) is 0. The summed E-state index contributed by atoms with van der Waals surface area (Å²) >= 11 is 0. The Balaban J connectivity index is 1.69. The lowest BCUT2D eigenvalue weighted by molar-refractivity contribution is -0.141. The van der Waals surface area contributed by atoms with Gasteiger partial charge in [0.05, 0.1) is 5.92 Å². The van der Waals surface area contributed by atoms with Crippen molar-refractivity contribution in [3.8, 4) is 0 Å². The van der Waals surface area contributed by atoms with Crippen molar-refractivity contribution in [2.75, 3.05) is 6.54 Å². The van der Waals surface area contributed by atoms with Gasteiger partial charge in [0.25, 0.3) is 0 Å². The molecular weight excluding hydrogens is 242 g/mol. The fourth-order valence-electron chi connectivity index (χ4n) is 3.37. The maximum atomic E-state index is 12.0.